The van der Waals surface area contributed by atoms with Gasteiger partial charge in [-0.15, -0.1) is 14.8 Å². The van der Waals surface area contributed by atoms with Crippen LogP contribution in [-0.4, -0.2) is 20.0 Å². The second-order valence-electron chi connectivity index (χ2n) is 1.30. The highest BCUT2D eigenvalue weighted by molar-refractivity contribution is 7.15. The number of aromatic nitrogens is 4. The van der Waals surface area contributed by atoms with Gasteiger partial charge in [-0.3, -0.25) is 0 Å². The van der Waals surface area contributed by atoms with Gasteiger partial charge in [0.05, 0.1) is 6.20 Å². The molecule has 8 heavy (non-hydrogen) atoms. The summed E-state index contributed by atoms with van der Waals surface area (Å²) in [4.78, 5) is 0.977. The molecule has 0 spiro atoms. The maximum absolute atomic E-state index is 3.84. The molecule has 0 aromatic carbocycles. The van der Waals surface area contributed by atoms with Crippen LogP contribution in [0.1, 0.15) is 0 Å². The average molecular weight is 126 g/mol. The summed E-state index contributed by atoms with van der Waals surface area (Å²) < 4.78 is 1.49. The molecule has 0 fully saturated rings. The van der Waals surface area contributed by atoms with E-state index in [-0.39, 0.29) is 0 Å². The fourth-order valence-corrected chi connectivity index (χ4v) is 1.03. The highest BCUT2D eigenvalue weighted by Crippen LogP contribution is 2.02. The first-order valence-electron chi connectivity index (χ1n) is 2.07. The summed E-state index contributed by atoms with van der Waals surface area (Å²) in [5, 5.41) is 11.1. The van der Waals surface area contributed by atoms with Crippen molar-refractivity contribution in [3.8, 4) is 0 Å². The second kappa shape index (κ2) is 1.25. The van der Waals surface area contributed by atoms with Gasteiger partial charge in [-0.25, -0.2) is 0 Å². The maximum atomic E-state index is 3.84. The van der Waals surface area contributed by atoms with Gasteiger partial charge in [-0.2, -0.15) is 0 Å². The fourth-order valence-electron chi connectivity index (χ4n) is 0.500. The Balaban J connectivity index is 3.06. The van der Waals surface area contributed by atoms with Crippen LogP contribution in [0.25, 0.3) is 4.83 Å². The van der Waals surface area contributed by atoms with Gasteiger partial charge in [0.25, 0.3) is 0 Å². The third kappa shape index (κ3) is 0.362. The van der Waals surface area contributed by atoms with Crippen LogP contribution in [0.3, 0.4) is 0 Å². The normalized spacial score (nSPS) is 10.5. The predicted molar refractivity (Wildman–Crippen MR) is 28.7 cm³/mol. The van der Waals surface area contributed by atoms with Crippen LogP contribution in [0.2, 0.25) is 0 Å². The van der Waals surface area contributed by atoms with Gasteiger partial charge in [0, 0.05) is 0 Å². The van der Waals surface area contributed by atoms with Crippen molar-refractivity contribution in [1.29, 1.82) is 0 Å². The molecule has 0 amide bonds. The van der Waals surface area contributed by atoms with Crippen LogP contribution in [0.5, 0.6) is 0 Å². The van der Waals surface area contributed by atoms with Crippen LogP contribution >= 0.6 is 11.3 Å². The lowest BCUT2D eigenvalue weighted by atomic mass is 11.0. The number of rotatable bonds is 0. The Morgan fingerprint density at radius 1 is 1.62 bits per heavy atom. The highest BCUT2D eigenvalue weighted by atomic mass is 32.1. The lowest BCUT2D eigenvalue weighted by Gasteiger charge is -1.66. The first-order valence-corrected chi connectivity index (χ1v) is 2.95. The standard InChI is InChI=1S/C3H2N4S/c1-3-7(6-4-1)5-2-8-3/h1-2H. The molecule has 0 aliphatic carbocycles. The van der Waals surface area contributed by atoms with Gasteiger partial charge in [-0.1, -0.05) is 11.3 Å². The summed E-state index contributed by atoms with van der Waals surface area (Å²) in [6.07, 6.45) is 1.68. The van der Waals surface area contributed by atoms with E-state index in [9.17, 15) is 0 Å². The van der Waals surface area contributed by atoms with E-state index in [2.05, 4.69) is 15.4 Å². The van der Waals surface area contributed by atoms with Crippen LogP contribution < -0.4 is 0 Å². The third-order valence-electron chi connectivity index (χ3n) is 0.832. The number of hydrogen-bond acceptors (Lipinski definition) is 4. The largest absolute Gasteiger partial charge is 0.162 e. The second-order valence-corrected chi connectivity index (χ2v) is 2.17. The Morgan fingerprint density at radius 3 is 3.50 bits per heavy atom. The van der Waals surface area contributed by atoms with E-state index in [1.54, 1.807) is 11.7 Å². The molecule has 2 rings (SSSR count). The molecule has 2 heterocycles. The smallest absolute Gasteiger partial charge is 0.145 e. The van der Waals surface area contributed by atoms with E-state index >= 15 is 0 Å². The number of fused-ring (bicyclic) bond motifs is 1. The van der Waals surface area contributed by atoms with Crippen LogP contribution in [0.15, 0.2) is 11.7 Å². The summed E-state index contributed by atoms with van der Waals surface area (Å²) in [6.45, 7) is 0. The average Bonchev–Trinajstić information content (AvgIpc) is 2.15. The zero-order valence-corrected chi connectivity index (χ0v) is 4.67. The Hall–Kier alpha value is -0.970. The molecule has 0 N–H and O–H groups in total. The van der Waals surface area contributed by atoms with E-state index in [1.165, 1.54) is 16.0 Å². The monoisotopic (exact) mass is 126 g/mol. The van der Waals surface area contributed by atoms with Gasteiger partial charge in [0.2, 0.25) is 0 Å². The van der Waals surface area contributed by atoms with E-state index < -0.39 is 0 Å². The van der Waals surface area contributed by atoms with E-state index in [0.29, 0.717) is 0 Å². The first kappa shape index (κ1) is 3.96. The van der Waals surface area contributed by atoms with Crippen molar-refractivity contribution in [3.63, 3.8) is 0 Å². The molecule has 2 aromatic heterocycles. The van der Waals surface area contributed by atoms with E-state index in [1.807, 2.05) is 0 Å². The lowest BCUT2D eigenvalue weighted by molar-refractivity contribution is 0.757. The van der Waals surface area contributed by atoms with Crippen molar-refractivity contribution in [2.45, 2.75) is 0 Å². The molecule has 0 saturated carbocycles. The molecule has 0 unspecified atom stereocenters. The zero-order chi connectivity index (χ0) is 5.40. The molecule has 5 heteroatoms. The molecule has 0 aliphatic rings. The fraction of sp³-hybridized carbons (Fsp3) is 0. The minimum Gasteiger partial charge on any atom is -0.145 e. The summed E-state index contributed by atoms with van der Waals surface area (Å²) in [7, 11) is 0. The molecule has 0 bridgehead atoms. The Kier molecular flexibility index (Phi) is 0.621. The van der Waals surface area contributed by atoms with Gasteiger partial charge >= 0.3 is 0 Å². The van der Waals surface area contributed by atoms with Crippen LogP contribution in [-0.2, 0) is 0 Å². The quantitative estimate of drug-likeness (QED) is 0.506. The van der Waals surface area contributed by atoms with Crippen molar-refractivity contribution in [2.24, 2.45) is 0 Å². The summed E-state index contributed by atoms with van der Waals surface area (Å²) in [5.74, 6) is 0. The molecule has 4 nitrogen and oxygen atoms in total. The van der Waals surface area contributed by atoms with Crippen LogP contribution in [0, 0.1) is 0 Å². The molecule has 0 radical (unpaired) electrons. The maximum Gasteiger partial charge on any atom is 0.162 e. The summed E-state index contributed by atoms with van der Waals surface area (Å²) >= 11 is 1.52. The van der Waals surface area contributed by atoms with Crippen molar-refractivity contribution >= 4 is 16.2 Å². The first-order chi connectivity index (χ1) is 3.97. The lowest BCUT2D eigenvalue weighted by Crippen LogP contribution is -1.83. The molecule has 0 aliphatic heterocycles. The summed E-state index contributed by atoms with van der Waals surface area (Å²) in [6, 6.07) is 0. The molecule has 0 atom stereocenters. The minimum absolute atomic E-state index is 0.977. The highest BCUT2D eigenvalue weighted by Gasteiger charge is 1.91. The SMILES string of the molecule is c1nn2nncc2s1. The molecular formula is C3H2N4S. The Bertz CT molecular complexity index is 233. The number of hydrogen-bond donors (Lipinski definition) is 0. The van der Waals surface area contributed by atoms with Crippen molar-refractivity contribution < 1.29 is 0 Å². The van der Waals surface area contributed by atoms with Gasteiger partial charge in [0.15, 0.2) is 4.83 Å². The minimum atomic E-state index is 0.977. The van der Waals surface area contributed by atoms with Crippen molar-refractivity contribution in [2.75, 3.05) is 0 Å². The molecular weight excluding hydrogens is 124 g/mol. The van der Waals surface area contributed by atoms with Gasteiger partial charge in [-0.05, 0) is 5.21 Å². The Morgan fingerprint density at radius 2 is 2.62 bits per heavy atom. The predicted octanol–water partition coefficient (Wildman–Crippen LogP) is 0.186. The van der Waals surface area contributed by atoms with Crippen molar-refractivity contribution in [3.05, 3.63) is 11.7 Å². The molecule has 2 aromatic rings. The van der Waals surface area contributed by atoms with Crippen molar-refractivity contribution in [1.82, 2.24) is 20.0 Å². The molecule has 0 saturated heterocycles. The topological polar surface area (TPSA) is 43.1 Å². The van der Waals surface area contributed by atoms with Crippen LogP contribution in [0.4, 0.5) is 0 Å². The molecule has 40 valence electrons. The third-order valence-corrected chi connectivity index (χ3v) is 1.54. The number of nitrogens with zero attached hydrogens (tertiary/aromatic N) is 4. The Labute approximate surface area is 48.8 Å². The zero-order valence-electron chi connectivity index (χ0n) is 3.85. The van der Waals surface area contributed by atoms with E-state index in [4.69, 9.17) is 0 Å². The summed E-state index contributed by atoms with van der Waals surface area (Å²) in [5.41, 5.74) is 1.73. The van der Waals surface area contributed by atoms with E-state index in [0.717, 1.165) is 4.83 Å². The van der Waals surface area contributed by atoms with Gasteiger partial charge in [0.1, 0.15) is 5.51 Å². The van der Waals surface area contributed by atoms with Gasteiger partial charge < -0.3 is 0 Å².